The third-order valence-electron chi connectivity index (χ3n) is 3.12. The highest BCUT2D eigenvalue weighted by molar-refractivity contribution is 5.68. The van der Waals surface area contributed by atoms with E-state index in [1.807, 2.05) is 26.8 Å². The number of hydrogen-bond acceptors (Lipinski definition) is 3. The van der Waals surface area contributed by atoms with Crippen LogP contribution in [-0.2, 0) is 15.8 Å². The number of aliphatic carboxylic acids is 1. The van der Waals surface area contributed by atoms with Gasteiger partial charge in [-0.3, -0.25) is 4.79 Å². The van der Waals surface area contributed by atoms with Crippen LogP contribution in [0.25, 0.3) is 0 Å². The highest BCUT2D eigenvalue weighted by Gasteiger charge is 2.29. The Morgan fingerprint density at radius 3 is 2.26 bits per heavy atom. The summed E-state index contributed by atoms with van der Waals surface area (Å²) in [4.78, 5) is 10.8. The summed E-state index contributed by atoms with van der Waals surface area (Å²) in [6.07, 6.45) is -0.330. The minimum absolute atomic E-state index is 0.152. The monoisotopic (exact) mass is 266 g/mol. The van der Waals surface area contributed by atoms with Crippen LogP contribution < -0.4 is 4.74 Å². The SMILES string of the molecule is COc1ccc(C(C)(O)CC(=O)O)cc1C(C)(C)C. The van der Waals surface area contributed by atoms with Crippen LogP contribution in [0.4, 0.5) is 0 Å². The van der Waals surface area contributed by atoms with Gasteiger partial charge >= 0.3 is 5.97 Å². The first-order chi connectivity index (χ1) is 8.58. The van der Waals surface area contributed by atoms with Crippen molar-refractivity contribution in [2.45, 2.75) is 45.1 Å². The lowest BCUT2D eigenvalue weighted by atomic mass is 9.82. The molecule has 0 spiro atoms. The maximum absolute atomic E-state index is 10.8. The Morgan fingerprint density at radius 2 is 1.84 bits per heavy atom. The van der Waals surface area contributed by atoms with Gasteiger partial charge in [-0.1, -0.05) is 26.8 Å². The van der Waals surface area contributed by atoms with Gasteiger partial charge in [-0.15, -0.1) is 0 Å². The zero-order valence-corrected chi connectivity index (χ0v) is 12.2. The lowest BCUT2D eigenvalue weighted by Gasteiger charge is -2.27. The normalized spacial score (nSPS) is 14.8. The highest BCUT2D eigenvalue weighted by Crippen LogP contribution is 2.35. The molecule has 106 valence electrons. The second kappa shape index (κ2) is 5.21. The van der Waals surface area contributed by atoms with Crippen molar-refractivity contribution < 1.29 is 19.7 Å². The van der Waals surface area contributed by atoms with E-state index in [0.717, 1.165) is 11.3 Å². The van der Waals surface area contributed by atoms with E-state index in [1.54, 1.807) is 19.2 Å². The number of rotatable bonds is 4. The summed E-state index contributed by atoms with van der Waals surface area (Å²) in [5.74, 6) is -0.291. The van der Waals surface area contributed by atoms with Gasteiger partial charge in [0.1, 0.15) is 5.75 Å². The van der Waals surface area contributed by atoms with Crippen LogP contribution >= 0.6 is 0 Å². The zero-order chi connectivity index (χ0) is 14.8. The van der Waals surface area contributed by atoms with Crippen molar-refractivity contribution in [1.29, 1.82) is 0 Å². The number of methoxy groups -OCH3 is 1. The van der Waals surface area contributed by atoms with Gasteiger partial charge in [0, 0.05) is 0 Å². The van der Waals surface area contributed by atoms with Crippen LogP contribution in [0.5, 0.6) is 5.75 Å². The molecule has 1 aromatic carbocycles. The van der Waals surface area contributed by atoms with E-state index in [0.29, 0.717) is 5.56 Å². The largest absolute Gasteiger partial charge is 0.496 e. The Labute approximate surface area is 114 Å². The standard InChI is InChI=1S/C15H22O4/c1-14(2,3)11-8-10(6-7-12(11)19-5)15(4,18)9-13(16)17/h6-8,18H,9H2,1-5H3,(H,16,17). The van der Waals surface area contributed by atoms with Gasteiger partial charge in [0.15, 0.2) is 0 Å². The molecule has 19 heavy (non-hydrogen) atoms. The maximum Gasteiger partial charge on any atom is 0.306 e. The molecule has 0 aromatic heterocycles. The minimum Gasteiger partial charge on any atom is -0.496 e. The van der Waals surface area contributed by atoms with E-state index in [4.69, 9.17) is 9.84 Å². The lowest BCUT2D eigenvalue weighted by Crippen LogP contribution is -2.26. The number of hydrogen-bond donors (Lipinski definition) is 2. The van der Waals surface area contributed by atoms with Gasteiger partial charge in [0.25, 0.3) is 0 Å². The molecule has 1 atom stereocenters. The average molecular weight is 266 g/mol. The molecule has 1 unspecified atom stereocenters. The molecule has 0 aliphatic heterocycles. The predicted molar refractivity (Wildman–Crippen MR) is 73.5 cm³/mol. The number of carboxylic acids is 1. The van der Waals surface area contributed by atoms with E-state index in [9.17, 15) is 9.90 Å². The lowest BCUT2D eigenvalue weighted by molar-refractivity contribution is -0.142. The summed E-state index contributed by atoms with van der Waals surface area (Å²) in [6.45, 7) is 7.64. The Bertz CT molecular complexity index is 470. The first kappa shape index (κ1) is 15.5. The molecule has 0 amide bonds. The first-order valence-electron chi connectivity index (χ1n) is 6.21. The van der Waals surface area contributed by atoms with Crippen LogP contribution in [0.2, 0.25) is 0 Å². The van der Waals surface area contributed by atoms with Gasteiger partial charge in [-0.05, 0) is 35.6 Å². The van der Waals surface area contributed by atoms with Gasteiger partial charge in [0.05, 0.1) is 19.1 Å². The van der Waals surface area contributed by atoms with Crippen LogP contribution in [0.3, 0.4) is 0 Å². The third kappa shape index (κ3) is 3.70. The summed E-state index contributed by atoms with van der Waals surface area (Å²) < 4.78 is 5.32. The van der Waals surface area contributed by atoms with Crippen LogP contribution in [0, 0.1) is 0 Å². The average Bonchev–Trinajstić information content (AvgIpc) is 2.25. The molecule has 1 rings (SSSR count). The molecule has 0 heterocycles. The van der Waals surface area contributed by atoms with Gasteiger partial charge in [-0.25, -0.2) is 0 Å². The van der Waals surface area contributed by atoms with Crippen LogP contribution in [-0.4, -0.2) is 23.3 Å². The summed E-state index contributed by atoms with van der Waals surface area (Å²) in [5.41, 5.74) is -0.0162. The molecule has 0 bridgehead atoms. The smallest absolute Gasteiger partial charge is 0.306 e. The summed E-state index contributed by atoms with van der Waals surface area (Å²) in [7, 11) is 1.60. The molecule has 2 N–H and O–H groups in total. The topological polar surface area (TPSA) is 66.8 Å². The van der Waals surface area contributed by atoms with Crippen molar-refractivity contribution in [2.75, 3.05) is 7.11 Å². The predicted octanol–water partition coefficient (Wildman–Crippen LogP) is 2.67. The van der Waals surface area contributed by atoms with E-state index in [-0.39, 0.29) is 11.8 Å². The molecular weight excluding hydrogens is 244 g/mol. The molecule has 0 fully saturated rings. The van der Waals surface area contributed by atoms with Gasteiger partial charge in [0.2, 0.25) is 0 Å². The Morgan fingerprint density at radius 1 is 1.26 bits per heavy atom. The first-order valence-corrected chi connectivity index (χ1v) is 6.21. The molecule has 0 saturated carbocycles. The van der Waals surface area contributed by atoms with Crippen molar-refractivity contribution in [2.24, 2.45) is 0 Å². The number of carbonyl (C=O) groups is 1. The number of carboxylic acid groups (broad SMARTS) is 1. The molecule has 4 nitrogen and oxygen atoms in total. The Kier molecular flexibility index (Phi) is 4.25. The van der Waals surface area contributed by atoms with Crippen LogP contribution in [0.1, 0.15) is 45.2 Å². The molecular formula is C15H22O4. The second-order valence-corrected chi connectivity index (χ2v) is 6.01. The second-order valence-electron chi connectivity index (χ2n) is 6.01. The fraction of sp³-hybridized carbons (Fsp3) is 0.533. The summed E-state index contributed by atoms with van der Waals surface area (Å²) in [6, 6.07) is 5.30. The Hall–Kier alpha value is -1.55. The summed E-state index contributed by atoms with van der Waals surface area (Å²) in [5, 5.41) is 19.1. The number of aliphatic hydroxyl groups is 1. The molecule has 4 heteroatoms. The molecule has 0 aliphatic rings. The zero-order valence-electron chi connectivity index (χ0n) is 12.2. The van der Waals surface area contributed by atoms with E-state index in [2.05, 4.69) is 0 Å². The van der Waals surface area contributed by atoms with Crippen molar-refractivity contribution in [1.82, 2.24) is 0 Å². The highest BCUT2D eigenvalue weighted by atomic mass is 16.5. The molecule has 0 radical (unpaired) electrons. The van der Waals surface area contributed by atoms with Crippen molar-refractivity contribution in [3.8, 4) is 5.75 Å². The number of benzene rings is 1. The Balaban J connectivity index is 3.29. The maximum atomic E-state index is 10.8. The number of ether oxygens (including phenoxy) is 1. The van der Waals surface area contributed by atoms with Gasteiger partial charge in [-0.2, -0.15) is 0 Å². The fourth-order valence-electron chi connectivity index (χ4n) is 2.03. The van der Waals surface area contributed by atoms with Gasteiger partial charge < -0.3 is 14.9 Å². The molecule has 1 aromatic rings. The van der Waals surface area contributed by atoms with E-state index >= 15 is 0 Å². The third-order valence-corrected chi connectivity index (χ3v) is 3.12. The molecule has 0 saturated heterocycles. The van der Waals surface area contributed by atoms with Crippen molar-refractivity contribution in [3.63, 3.8) is 0 Å². The van der Waals surface area contributed by atoms with E-state index in [1.165, 1.54) is 6.92 Å². The fourth-order valence-corrected chi connectivity index (χ4v) is 2.03. The quantitative estimate of drug-likeness (QED) is 0.879. The van der Waals surface area contributed by atoms with Crippen LogP contribution in [0.15, 0.2) is 18.2 Å². The summed E-state index contributed by atoms with van der Waals surface area (Å²) >= 11 is 0. The molecule has 0 aliphatic carbocycles. The van der Waals surface area contributed by atoms with E-state index < -0.39 is 11.6 Å². The van der Waals surface area contributed by atoms with Crippen molar-refractivity contribution >= 4 is 5.97 Å². The minimum atomic E-state index is -1.39. The van der Waals surface area contributed by atoms with Crippen molar-refractivity contribution in [3.05, 3.63) is 29.3 Å².